The first-order chi connectivity index (χ1) is 7.84. The highest BCUT2D eigenvalue weighted by Gasteiger charge is 2.07. The quantitative estimate of drug-likeness (QED) is 0.607. The van der Waals surface area contributed by atoms with Crippen molar-refractivity contribution in [2.75, 3.05) is 0 Å². The van der Waals surface area contributed by atoms with Gasteiger partial charge in [0.15, 0.2) is 5.82 Å². The van der Waals surface area contributed by atoms with E-state index in [1.165, 1.54) is 0 Å². The van der Waals surface area contributed by atoms with Crippen molar-refractivity contribution in [2.24, 2.45) is 0 Å². The number of aromatic nitrogens is 2. The molecule has 2 heterocycles. The van der Waals surface area contributed by atoms with E-state index in [1.807, 2.05) is 41.8 Å². The molecule has 0 aliphatic rings. The van der Waals surface area contributed by atoms with Crippen LogP contribution < -0.4 is 0 Å². The second kappa shape index (κ2) is 3.85. The Morgan fingerprint density at radius 3 is 2.69 bits per heavy atom. The SMILES string of the molecule is Clc1nc(-c2cccs2)nc2ccccc12. The third-order valence-corrected chi connectivity index (χ3v) is 3.45. The Kier molecular flexibility index (Phi) is 2.35. The lowest BCUT2D eigenvalue weighted by Crippen LogP contribution is -1.89. The molecule has 0 bridgehead atoms. The highest BCUT2D eigenvalue weighted by atomic mass is 35.5. The van der Waals surface area contributed by atoms with Crippen LogP contribution in [0.3, 0.4) is 0 Å². The van der Waals surface area contributed by atoms with Crippen LogP contribution in [0, 0.1) is 0 Å². The minimum atomic E-state index is 0.508. The number of nitrogens with zero attached hydrogens (tertiary/aromatic N) is 2. The van der Waals surface area contributed by atoms with Gasteiger partial charge in [-0.25, -0.2) is 9.97 Å². The third kappa shape index (κ3) is 1.58. The molecule has 3 aromatic rings. The molecule has 0 aliphatic heterocycles. The highest BCUT2D eigenvalue weighted by Crippen LogP contribution is 2.26. The van der Waals surface area contributed by atoms with Gasteiger partial charge in [0.05, 0.1) is 10.4 Å². The van der Waals surface area contributed by atoms with Crippen LogP contribution in [0.2, 0.25) is 5.15 Å². The van der Waals surface area contributed by atoms with Gasteiger partial charge in [0.1, 0.15) is 5.15 Å². The topological polar surface area (TPSA) is 25.8 Å². The molecule has 16 heavy (non-hydrogen) atoms. The van der Waals surface area contributed by atoms with Crippen LogP contribution in [0.15, 0.2) is 41.8 Å². The van der Waals surface area contributed by atoms with Crippen LogP contribution in [0.5, 0.6) is 0 Å². The fourth-order valence-electron chi connectivity index (χ4n) is 1.55. The number of rotatable bonds is 1. The molecular formula is C12H7ClN2S. The third-order valence-electron chi connectivity index (χ3n) is 2.30. The van der Waals surface area contributed by atoms with Crippen LogP contribution in [-0.2, 0) is 0 Å². The zero-order valence-corrected chi connectivity index (χ0v) is 9.79. The van der Waals surface area contributed by atoms with Gasteiger partial charge in [-0.3, -0.25) is 0 Å². The van der Waals surface area contributed by atoms with Crippen molar-refractivity contribution in [3.63, 3.8) is 0 Å². The van der Waals surface area contributed by atoms with Crippen LogP contribution in [0.1, 0.15) is 0 Å². The zero-order valence-electron chi connectivity index (χ0n) is 8.22. The van der Waals surface area contributed by atoms with E-state index in [1.54, 1.807) is 11.3 Å². The Hall–Kier alpha value is -1.45. The molecule has 0 saturated carbocycles. The molecule has 0 aliphatic carbocycles. The maximum atomic E-state index is 6.13. The van der Waals surface area contributed by atoms with Crippen LogP contribution in [0.25, 0.3) is 21.6 Å². The zero-order chi connectivity index (χ0) is 11.0. The Bertz CT molecular complexity index is 635. The van der Waals surface area contributed by atoms with Gasteiger partial charge in [-0.05, 0) is 23.6 Å². The summed E-state index contributed by atoms with van der Waals surface area (Å²) < 4.78 is 0. The molecule has 0 amide bonds. The molecule has 78 valence electrons. The van der Waals surface area contributed by atoms with Crippen molar-refractivity contribution < 1.29 is 0 Å². The summed E-state index contributed by atoms with van der Waals surface area (Å²) >= 11 is 7.74. The molecular weight excluding hydrogens is 240 g/mol. The van der Waals surface area contributed by atoms with Gasteiger partial charge in [0.2, 0.25) is 0 Å². The van der Waals surface area contributed by atoms with Crippen LogP contribution in [-0.4, -0.2) is 9.97 Å². The molecule has 0 saturated heterocycles. The normalized spacial score (nSPS) is 10.8. The van der Waals surface area contributed by atoms with Crippen molar-refractivity contribution in [2.45, 2.75) is 0 Å². The number of fused-ring (bicyclic) bond motifs is 1. The minimum Gasteiger partial charge on any atom is -0.227 e. The first kappa shape index (κ1) is 9.75. The maximum absolute atomic E-state index is 6.13. The van der Waals surface area contributed by atoms with Gasteiger partial charge >= 0.3 is 0 Å². The van der Waals surface area contributed by atoms with Gasteiger partial charge in [-0.2, -0.15) is 0 Å². The number of para-hydroxylation sites is 1. The molecule has 3 rings (SSSR count). The molecule has 1 aromatic carbocycles. The average molecular weight is 247 g/mol. The fraction of sp³-hybridized carbons (Fsp3) is 0. The summed E-state index contributed by atoms with van der Waals surface area (Å²) in [6, 6.07) is 11.7. The molecule has 2 aromatic heterocycles. The molecule has 0 spiro atoms. The molecule has 4 heteroatoms. The van der Waals surface area contributed by atoms with E-state index in [0.29, 0.717) is 11.0 Å². The molecule has 0 N–H and O–H groups in total. The Morgan fingerprint density at radius 1 is 1.00 bits per heavy atom. The van der Waals surface area contributed by atoms with Crippen molar-refractivity contribution >= 4 is 33.8 Å². The molecule has 0 unspecified atom stereocenters. The second-order valence-corrected chi connectivity index (χ2v) is 4.64. The predicted octanol–water partition coefficient (Wildman–Crippen LogP) is 4.01. The summed E-state index contributed by atoms with van der Waals surface area (Å²) in [6.07, 6.45) is 0. The first-order valence-electron chi connectivity index (χ1n) is 4.81. The highest BCUT2D eigenvalue weighted by molar-refractivity contribution is 7.13. The van der Waals surface area contributed by atoms with Gasteiger partial charge < -0.3 is 0 Å². The van der Waals surface area contributed by atoms with E-state index >= 15 is 0 Å². The molecule has 0 fully saturated rings. The summed E-state index contributed by atoms with van der Waals surface area (Å²) in [5.41, 5.74) is 0.880. The monoisotopic (exact) mass is 246 g/mol. The van der Waals surface area contributed by atoms with Crippen molar-refractivity contribution in [1.82, 2.24) is 9.97 Å². The van der Waals surface area contributed by atoms with Gasteiger partial charge in [0, 0.05) is 5.39 Å². The van der Waals surface area contributed by atoms with Gasteiger partial charge in [-0.1, -0.05) is 29.8 Å². The Balaban J connectivity index is 2.29. The maximum Gasteiger partial charge on any atom is 0.171 e. The summed E-state index contributed by atoms with van der Waals surface area (Å²) in [4.78, 5) is 9.84. The van der Waals surface area contributed by atoms with Crippen molar-refractivity contribution in [1.29, 1.82) is 0 Å². The second-order valence-electron chi connectivity index (χ2n) is 3.33. The number of benzene rings is 1. The molecule has 0 atom stereocenters. The van der Waals surface area contributed by atoms with E-state index in [2.05, 4.69) is 9.97 Å². The largest absolute Gasteiger partial charge is 0.227 e. The van der Waals surface area contributed by atoms with Crippen molar-refractivity contribution in [3.8, 4) is 10.7 Å². The van der Waals surface area contributed by atoms with Gasteiger partial charge in [0.25, 0.3) is 0 Å². The Labute approximate surface area is 102 Å². The fourth-order valence-corrected chi connectivity index (χ4v) is 2.45. The lowest BCUT2D eigenvalue weighted by Gasteiger charge is -2.01. The van der Waals surface area contributed by atoms with Gasteiger partial charge in [-0.15, -0.1) is 11.3 Å². The minimum absolute atomic E-state index is 0.508. The summed E-state index contributed by atoms with van der Waals surface area (Å²) in [7, 11) is 0. The van der Waals surface area contributed by atoms with E-state index in [9.17, 15) is 0 Å². The summed E-state index contributed by atoms with van der Waals surface area (Å²) in [5.74, 6) is 0.693. The number of hydrogen-bond acceptors (Lipinski definition) is 3. The van der Waals surface area contributed by atoms with Crippen molar-refractivity contribution in [3.05, 3.63) is 46.9 Å². The lowest BCUT2D eigenvalue weighted by atomic mass is 10.2. The molecule has 0 radical (unpaired) electrons. The van der Waals surface area contributed by atoms with Crippen LogP contribution >= 0.6 is 22.9 Å². The first-order valence-corrected chi connectivity index (χ1v) is 6.06. The molecule has 2 nitrogen and oxygen atoms in total. The Morgan fingerprint density at radius 2 is 1.88 bits per heavy atom. The smallest absolute Gasteiger partial charge is 0.171 e. The average Bonchev–Trinajstić information content (AvgIpc) is 2.82. The number of halogens is 1. The van der Waals surface area contributed by atoms with E-state index in [-0.39, 0.29) is 0 Å². The summed E-state index contributed by atoms with van der Waals surface area (Å²) in [6.45, 7) is 0. The number of hydrogen-bond donors (Lipinski definition) is 0. The number of thiophene rings is 1. The van der Waals surface area contributed by atoms with E-state index in [0.717, 1.165) is 15.8 Å². The van der Waals surface area contributed by atoms with E-state index in [4.69, 9.17) is 11.6 Å². The standard InChI is InChI=1S/C12H7ClN2S/c13-11-8-4-1-2-5-9(8)14-12(15-11)10-6-3-7-16-10/h1-7H. The lowest BCUT2D eigenvalue weighted by molar-refractivity contribution is 1.24. The predicted molar refractivity (Wildman–Crippen MR) is 67.9 cm³/mol. The van der Waals surface area contributed by atoms with Crippen LogP contribution in [0.4, 0.5) is 0 Å². The summed E-state index contributed by atoms with van der Waals surface area (Å²) in [5, 5.41) is 3.40. The van der Waals surface area contributed by atoms with E-state index < -0.39 is 0 Å².